The molecule has 0 unspecified atom stereocenters. The number of nitrogens with one attached hydrogen (secondary N) is 2. The van der Waals surface area contributed by atoms with Gasteiger partial charge in [0.1, 0.15) is 5.82 Å². The van der Waals surface area contributed by atoms with Crippen LogP contribution >= 0.6 is 11.8 Å². The number of benzene rings is 3. The van der Waals surface area contributed by atoms with Crippen molar-refractivity contribution in [3.8, 4) is 0 Å². The Morgan fingerprint density at radius 1 is 0.926 bits per heavy atom. The fourth-order valence-corrected chi connectivity index (χ4v) is 3.65. The topological polar surface area (TPSA) is 57.8 Å². The van der Waals surface area contributed by atoms with E-state index in [0.29, 0.717) is 12.1 Å². The second kappa shape index (κ2) is 8.10. The highest BCUT2D eigenvalue weighted by Crippen LogP contribution is 2.23. The number of para-hydroxylation sites is 2. The summed E-state index contributed by atoms with van der Waals surface area (Å²) in [5.74, 6) is 1.56. The second-order valence-corrected chi connectivity index (χ2v) is 7.23. The molecule has 5 heteroatoms. The molecule has 27 heavy (non-hydrogen) atoms. The molecule has 1 heterocycles. The molecule has 134 valence electrons. The smallest absolute Gasteiger partial charge is 0.251 e. The molecule has 4 nitrogen and oxygen atoms in total. The first-order valence-electron chi connectivity index (χ1n) is 8.76. The molecule has 0 saturated heterocycles. The molecule has 2 N–H and O–H groups in total. The van der Waals surface area contributed by atoms with E-state index in [1.54, 1.807) is 11.8 Å². The molecule has 0 aliphatic rings. The van der Waals surface area contributed by atoms with Crippen LogP contribution in [0.3, 0.4) is 0 Å². The molecule has 0 atom stereocenters. The van der Waals surface area contributed by atoms with Crippen molar-refractivity contribution in [2.45, 2.75) is 17.2 Å². The minimum absolute atomic E-state index is 0.102. The van der Waals surface area contributed by atoms with Crippen LogP contribution in [0.4, 0.5) is 0 Å². The van der Waals surface area contributed by atoms with E-state index >= 15 is 0 Å². The van der Waals surface area contributed by atoms with E-state index in [4.69, 9.17) is 0 Å². The zero-order valence-corrected chi connectivity index (χ0v) is 15.5. The molecule has 0 aliphatic carbocycles. The third-order valence-electron chi connectivity index (χ3n) is 4.22. The molecule has 1 amide bonds. The summed E-state index contributed by atoms with van der Waals surface area (Å²) in [6.45, 7) is 0.373. The van der Waals surface area contributed by atoms with Gasteiger partial charge in [0, 0.05) is 16.2 Å². The Kier molecular flexibility index (Phi) is 5.21. The first-order valence-corrected chi connectivity index (χ1v) is 9.75. The van der Waals surface area contributed by atoms with E-state index < -0.39 is 0 Å². The summed E-state index contributed by atoms with van der Waals surface area (Å²) in [6.07, 6.45) is 0. The maximum atomic E-state index is 12.4. The van der Waals surface area contributed by atoms with Gasteiger partial charge in [-0.2, -0.15) is 0 Å². The number of imidazole rings is 1. The molecule has 3 aromatic carbocycles. The molecule has 4 aromatic rings. The van der Waals surface area contributed by atoms with E-state index in [2.05, 4.69) is 27.4 Å². The molecule has 0 fully saturated rings. The number of carbonyl (C=O) groups is 1. The second-order valence-electron chi connectivity index (χ2n) is 6.18. The Balaban J connectivity index is 1.33. The number of H-pyrrole nitrogens is 1. The number of fused-ring (bicyclic) bond motifs is 1. The molecule has 0 radical (unpaired) electrons. The first kappa shape index (κ1) is 17.4. The Morgan fingerprint density at radius 3 is 2.44 bits per heavy atom. The minimum Gasteiger partial charge on any atom is -0.345 e. The first-order chi connectivity index (χ1) is 13.3. The van der Waals surface area contributed by atoms with Gasteiger partial charge in [-0.25, -0.2) is 4.98 Å². The molecule has 0 bridgehead atoms. The number of aromatic nitrogens is 2. The van der Waals surface area contributed by atoms with Crippen LogP contribution in [0.15, 0.2) is 83.8 Å². The van der Waals surface area contributed by atoms with Crippen LogP contribution in [0.2, 0.25) is 0 Å². The number of hydrogen-bond acceptors (Lipinski definition) is 3. The van der Waals surface area contributed by atoms with E-state index in [-0.39, 0.29) is 5.91 Å². The van der Waals surface area contributed by atoms with Crippen LogP contribution in [-0.2, 0) is 12.3 Å². The molecular formula is C22H19N3OS. The maximum absolute atomic E-state index is 12.4. The summed E-state index contributed by atoms with van der Waals surface area (Å²) in [6, 6.07) is 25.9. The van der Waals surface area contributed by atoms with Crippen molar-refractivity contribution >= 4 is 28.7 Å². The van der Waals surface area contributed by atoms with Crippen LogP contribution in [0.1, 0.15) is 21.7 Å². The number of hydrogen-bond donors (Lipinski definition) is 2. The number of amides is 1. The Bertz CT molecular complexity index is 1010. The lowest BCUT2D eigenvalue weighted by atomic mass is 10.2. The molecule has 1 aromatic heterocycles. The monoisotopic (exact) mass is 373 g/mol. The van der Waals surface area contributed by atoms with E-state index in [1.165, 1.54) is 5.56 Å². The lowest BCUT2D eigenvalue weighted by Crippen LogP contribution is -2.23. The van der Waals surface area contributed by atoms with Crippen molar-refractivity contribution < 1.29 is 4.79 Å². The lowest BCUT2D eigenvalue weighted by Gasteiger charge is -2.05. The number of carbonyl (C=O) groups excluding carboxylic acids is 1. The van der Waals surface area contributed by atoms with E-state index in [9.17, 15) is 4.79 Å². The summed E-state index contributed by atoms with van der Waals surface area (Å²) >= 11 is 1.76. The molecule has 4 rings (SSSR count). The number of thioether (sulfide) groups is 1. The highest BCUT2D eigenvalue weighted by Gasteiger charge is 2.08. The number of nitrogens with zero attached hydrogens (tertiary/aromatic N) is 1. The van der Waals surface area contributed by atoms with Crippen molar-refractivity contribution in [3.05, 3.63) is 95.8 Å². The zero-order valence-electron chi connectivity index (χ0n) is 14.7. The standard InChI is InChI=1S/C22H19N3OS/c26-22(23-14-21-24-19-8-4-5-9-20(19)25-21)17-10-12-18(13-11-17)27-15-16-6-2-1-3-7-16/h1-13H,14-15H2,(H,23,26)(H,24,25). The minimum atomic E-state index is -0.102. The SMILES string of the molecule is O=C(NCc1nc2ccccc2[nH]1)c1ccc(SCc2ccccc2)cc1. The van der Waals surface area contributed by atoms with Gasteiger partial charge in [-0.05, 0) is 42.0 Å². The van der Waals surface area contributed by atoms with Gasteiger partial charge in [-0.3, -0.25) is 4.79 Å². The Labute approximate surface area is 162 Å². The van der Waals surface area contributed by atoms with Crippen LogP contribution < -0.4 is 5.32 Å². The van der Waals surface area contributed by atoms with Crippen molar-refractivity contribution in [3.63, 3.8) is 0 Å². The molecule has 0 saturated carbocycles. The lowest BCUT2D eigenvalue weighted by molar-refractivity contribution is 0.0950. The third-order valence-corrected chi connectivity index (χ3v) is 5.30. The fourth-order valence-electron chi connectivity index (χ4n) is 2.80. The van der Waals surface area contributed by atoms with Crippen LogP contribution in [0, 0.1) is 0 Å². The van der Waals surface area contributed by atoms with Gasteiger partial charge in [0.25, 0.3) is 5.91 Å². The van der Waals surface area contributed by atoms with E-state index in [1.807, 2.05) is 66.7 Å². The summed E-state index contributed by atoms with van der Waals surface area (Å²) < 4.78 is 0. The number of aromatic amines is 1. The van der Waals surface area contributed by atoms with Crippen LogP contribution in [0.25, 0.3) is 11.0 Å². The highest BCUT2D eigenvalue weighted by molar-refractivity contribution is 7.98. The van der Waals surface area contributed by atoms with Crippen molar-refractivity contribution in [2.24, 2.45) is 0 Å². The zero-order chi connectivity index (χ0) is 18.5. The summed E-state index contributed by atoms with van der Waals surface area (Å²) in [7, 11) is 0. The maximum Gasteiger partial charge on any atom is 0.251 e. The van der Waals surface area contributed by atoms with Gasteiger partial charge in [0.2, 0.25) is 0 Å². The molecule has 0 aliphatic heterocycles. The van der Waals surface area contributed by atoms with Gasteiger partial charge in [0.05, 0.1) is 17.6 Å². The summed E-state index contributed by atoms with van der Waals surface area (Å²) in [5.41, 5.74) is 3.81. The molecule has 0 spiro atoms. The predicted octanol–water partition coefficient (Wildman–Crippen LogP) is 4.79. The van der Waals surface area contributed by atoms with Gasteiger partial charge in [0.15, 0.2) is 0 Å². The average Bonchev–Trinajstić information content (AvgIpc) is 3.15. The molecular weight excluding hydrogens is 354 g/mol. The summed E-state index contributed by atoms with van der Waals surface area (Å²) in [4.78, 5) is 21.2. The van der Waals surface area contributed by atoms with Gasteiger partial charge in [-0.15, -0.1) is 11.8 Å². The highest BCUT2D eigenvalue weighted by atomic mass is 32.2. The number of rotatable bonds is 6. The van der Waals surface area contributed by atoms with Crippen molar-refractivity contribution in [1.82, 2.24) is 15.3 Å². The normalized spacial score (nSPS) is 10.8. The van der Waals surface area contributed by atoms with Gasteiger partial charge < -0.3 is 10.3 Å². The Morgan fingerprint density at radius 2 is 1.67 bits per heavy atom. The summed E-state index contributed by atoms with van der Waals surface area (Å²) in [5, 5.41) is 2.91. The third kappa shape index (κ3) is 4.38. The van der Waals surface area contributed by atoms with Gasteiger partial charge in [-0.1, -0.05) is 42.5 Å². The van der Waals surface area contributed by atoms with Gasteiger partial charge >= 0.3 is 0 Å². The van der Waals surface area contributed by atoms with Crippen LogP contribution in [-0.4, -0.2) is 15.9 Å². The quantitative estimate of drug-likeness (QED) is 0.478. The average molecular weight is 373 g/mol. The van der Waals surface area contributed by atoms with E-state index in [0.717, 1.165) is 27.5 Å². The van der Waals surface area contributed by atoms with Crippen molar-refractivity contribution in [2.75, 3.05) is 0 Å². The Hall–Kier alpha value is -3.05. The van der Waals surface area contributed by atoms with Crippen molar-refractivity contribution in [1.29, 1.82) is 0 Å². The largest absolute Gasteiger partial charge is 0.345 e. The predicted molar refractivity (Wildman–Crippen MR) is 110 cm³/mol. The van der Waals surface area contributed by atoms with Crippen LogP contribution in [0.5, 0.6) is 0 Å². The fraction of sp³-hybridized carbons (Fsp3) is 0.0909.